The van der Waals surface area contributed by atoms with Crippen molar-refractivity contribution in [3.63, 3.8) is 0 Å². The van der Waals surface area contributed by atoms with E-state index in [1.54, 1.807) is 6.07 Å². The van der Waals surface area contributed by atoms with Crippen molar-refractivity contribution in [1.82, 2.24) is 10.0 Å². The van der Waals surface area contributed by atoms with Crippen molar-refractivity contribution < 1.29 is 23.3 Å². The van der Waals surface area contributed by atoms with Crippen molar-refractivity contribution in [3.8, 4) is 11.1 Å². The normalized spacial score (nSPS) is 13.5. The summed E-state index contributed by atoms with van der Waals surface area (Å²) in [6.07, 6.45) is 2.09. The Balaban J connectivity index is 2.26. The Morgan fingerprint density at radius 2 is 1.86 bits per heavy atom. The minimum Gasteiger partial charge on any atom is -0.315 e. The highest BCUT2D eigenvalue weighted by atomic mass is 32.2. The van der Waals surface area contributed by atoms with E-state index in [1.165, 1.54) is 53.5 Å². The Labute approximate surface area is 160 Å². The molecule has 10 nitrogen and oxygen atoms in total. The van der Waals surface area contributed by atoms with Crippen LogP contribution in [0.15, 0.2) is 47.4 Å². The number of nitrogens with one attached hydrogen (secondary N) is 1. The summed E-state index contributed by atoms with van der Waals surface area (Å²) in [5.41, 5.74) is 1.99. The van der Waals surface area contributed by atoms with Crippen LogP contribution in [0.4, 0.5) is 5.69 Å². The zero-order valence-corrected chi connectivity index (χ0v) is 16.0. The summed E-state index contributed by atoms with van der Waals surface area (Å²) < 4.78 is 23.3. The molecular formula is C17H19N3O7S. The fraction of sp³-hybridized carbons (Fsp3) is 0.294. The van der Waals surface area contributed by atoms with Crippen molar-refractivity contribution in [2.45, 2.75) is 24.6 Å². The third kappa shape index (κ3) is 4.26. The first-order valence-electron chi connectivity index (χ1n) is 8.09. The molecule has 1 unspecified atom stereocenters. The number of aryl methyl sites for hydroxylation is 1. The molecule has 0 fully saturated rings. The molecule has 0 radical (unpaired) electrons. The number of carbonyl (C=O) groups excluding carboxylic acids is 1. The molecule has 0 saturated heterocycles. The van der Waals surface area contributed by atoms with Gasteiger partial charge in [-0.05, 0) is 42.7 Å². The highest BCUT2D eigenvalue weighted by Gasteiger charge is 2.43. The largest absolute Gasteiger partial charge is 0.315 e. The second-order valence-electron chi connectivity index (χ2n) is 6.44. The number of non-ortho nitro benzene ring substituents is 1. The highest BCUT2D eigenvalue weighted by molar-refractivity contribution is 7.92. The fourth-order valence-corrected chi connectivity index (χ4v) is 3.41. The number of benzene rings is 1. The molecule has 150 valence electrons. The van der Waals surface area contributed by atoms with Crippen LogP contribution in [-0.4, -0.2) is 40.0 Å². The van der Waals surface area contributed by atoms with Gasteiger partial charge in [-0.3, -0.25) is 24.9 Å². The van der Waals surface area contributed by atoms with Crippen LogP contribution in [0.2, 0.25) is 0 Å². The molecule has 0 bridgehead atoms. The first-order valence-corrected chi connectivity index (χ1v) is 9.98. The van der Waals surface area contributed by atoms with Gasteiger partial charge in [-0.15, -0.1) is 0 Å². The quantitative estimate of drug-likeness (QED) is 0.395. The van der Waals surface area contributed by atoms with E-state index in [9.17, 15) is 28.1 Å². The summed E-state index contributed by atoms with van der Waals surface area (Å²) in [6, 6.07) is 8.60. The number of sulfone groups is 1. The van der Waals surface area contributed by atoms with E-state index >= 15 is 0 Å². The molecule has 0 aliphatic carbocycles. The van der Waals surface area contributed by atoms with Crippen LogP contribution in [0, 0.1) is 10.1 Å². The lowest BCUT2D eigenvalue weighted by Crippen LogP contribution is -2.49. The van der Waals surface area contributed by atoms with Crippen LogP contribution in [-0.2, 0) is 21.2 Å². The van der Waals surface area contributed by atoms with Gasteiger partial charge in [0, 0.05) is 37.2 Å². The first kappa shape index (κ1) is 21.3. The molecule has 1 aromatic carbocycles. The Morgan fingerprint density at radius 1 is 1.25 bits per heavy atom. The van der Waals surface area contributed by atoms with Crippen molar-refractivity contribution in [3.05, 3.63) is 63.1 Å². The van der Waals surface area contributed by atoms with Gasteiger partial charge < -0.3 is 4.57 Å². The molecule has 0 saturated carbocycles. The summed E-state index contributed by atoms with van der Waals surface area (Å²) >= 11 is 0. The molecule has 0 spiro atoms. The van der Waals surface area contributed by atoms with Crippen LogP contribution < -0.4 is 11.0 Å². The zero-order valence-electron chi connectivity index (χ0n) is 15.2. The maximum atomic E-state index is 12.3. The molecular weight excluding hydrogens is 390 g/mol. The van der Waals surface area contributed by atoms with E-state index in [1.807, 2.05) is 0 Å². The Hall–Kier alpha value is -3.05. The molecule has 11 heteroatoms. The van der Waals surface area contributed by atoms with E-state index < -0.39 is 31.0 Å². The molecule has 0 aliphatic heterocycles. The minimum absolute atomic E-state index is 0.0701. The molecule has 28 heavy (non-hydrogen) atoms. The van der Waals surface area contributed by atoms with Crippen molar-refractivity contribution >= 4 is 21.4 Å². The monoisotopic (exact) mass is 409 g/mol. The number of aromatic nitrogens is 1. The molecule has 2 aromatic rings. The van der Waals surface area contributed by atoms with Gasteiger partial charge in [0.05, 0.1) is 4.92 Å². The molecule has 1 atom stereocenters. The number of hydrogen-bond acceptors (Lipinski definition) is 7. The lowest BCUT2D eigenvalue weighted by atomic mass is 10.1. The van der Waals surface area contributed by atoms with Gasteiger partial charge >= 0.3 is 0 Å². The second-order valence-corrected chi connectivity index (χ2v) is 8.89. The number of rotatable bonds is 7. The van der Waals surface area contributed by atoms with E-state index in [0.717, 1.165) is 6.26 Å². The number of hydroxylamine groups is 1. The van der Waals surface area contributed by atoms with Gasteiger partial charge in [0.25, 0.3) is 17.2 Å². The summed E-state index contributed by atoms with van der Waals surface area (Å²) in [4.78, 5) is 34.4. The fourth-order valence-electron chi connectivity index (χ4n) is 2.57. The second kappa shape index (κ2) is 7.90. The Kier molecular flexibility index (Phi) is 6.00. The van der Waals surface area contributed by atoms with Crippen molar-refractivity contribution in [1.29, 1.82) is 0 Å². The summed E-state index contributed by atoms with van der Waals surface area (Å²) in [5, 5.41) is 19.5. The summed E-state index contributed by atoms with van der Waals surface area (Å²) in [5.74, 6) is -1.08. The SMILES string of the molecule is CC(CCn1ccc(-c2ccc([N+](=O)[O-])cc2)cc1=O)(C(=O)NO)S(C)(=O)=O. The van der Waals surface area contributed by atoms with E-state index in [0.29, 0.717) is 11.1 Å². The third-order valence-corrected chi connectivity index (χ3v) is 6.66. The molecule has 1 aromatic heterocycles. The average Bonchev–Trinajstić information content (AvgIpc) is 2.65. The number of nitro groups is 1. The highest BCUT2D eigenvalue weighted by Crippen LogP contribution is 2.23. The van der Waals surface area contributed by atoms with E-state index in [-0.39, 0.29) is 18.7 Å². The smallest absolute Gasteiger partial charge is 0.269 e. The Morgan fingerprint density at radius 3 is 2.32 bits per heavy atom. The number of hydrogen-bond donors (Lipinski definition) is 2. The molecule has 1 heterocycles. The lowest BCUT2D eigenvalue weighted by Gasteiger charge is -2.25. The van der Waals surface area contributed by atoms with Crippen LogP contribution in [0.1, 0.15) is 13.3 Å². The van der Waals surface area contributed by atoms with Crippen LogP contribution >= 0.6 is 0 Å². The van der Waals surface area contributed by atoms with Gasteiger partial charge in [-0.25, -0.2) is 13.9 Å². The summed E-state index contributed by atoms with van der Waals surface area (Å²) in [7, 11) is -3.86. The van der Waals surface area contributed by atoms with Crippen molar-refractivity contribution in [2.75, 3.05) is 6.26 Å². The van der Waals surface area contributed by atoms with E-state index in [2.05, 4.69) is 0 Å². The maximum Gasteiger partial charge on any atom is 0.269 e. The number of pyridine rings is 1. The lowest BCUT2D eigenvalue weighted by molar-refractivity contribution is -0.384. The first-order chi connectivity index (χ1) is 13.0. The number of nitro benzene ring substituents is 1. The molecule has 2 N–H and O–H groups in total. The number of amides is 1. The van der Waals surface area contributed by atoms with Crippen LogP contribution in [0.3, 0.4) is 0 Å². The summed E-state index contributed by atoms with van der Waals surface area (Å²) in [6.45, 7) is 1.10. The third-order valence-electron chi connectivity index (χ3n) is 4.64. The van der Waals surface area contributed by atoms with Crippen LogP contribution in [0.5, 0.6) is 0 Å². The standard InChI is InChI=1S/C17H19N3O7S/c1-17(16(22)18-23,28(2,26)27)8-10-19-9-7-13(11-15(19)21)12-3-5-14(6-4-12)20(24)25/h3-7,9,11,23H,8,10H2,1-2H3,(H,18,22). The van der Waals surface area contributed by atoms with Gasteiger partial charge in [0.1, 0.15) is 0 Å². The van der Waals surface area contributed by atoms with Crippen LogP contribution in [0.25, 0.3) is 11.1 Å². The average molecular weight is 409 g/mol. The predicted octanol–water partition coefficient (Wildman–Crippen LogP) is 1.12. The van der Waals surface area contributed by atoms with Crippen molar-refractivity contribution in [2.24, 2.45) is 0 Å². The molecule has 0 aliphatic rings. The van der Waals surface area contributed by atoms with Gasteiger partial charge in [-0.2, -0.15) is 0 Å². The Bertz CT molecular complexity index is 1060. The van der Waals surface area contributed by atoms with E-state index in [4.69, 9.17) is 5.21 Å². The molecule has 1 amide bonds. The number of nitrogens with zero attached hydrogens (tertiary/aromatic N) is 2. The molecule has 2 rings (SSSR count). The minimum atomic E-state index is -3.86. The zero-order chi connectivity index (χ0) is 21.1. The predicted molar refractivity (Wildman–Crippen MR) is 101 cm³/mol. The van der Waals surface area contributed by atoms with Gasteiger partial charge in [0.2, 0.25) is 0 Å². The number of carbonyl (C=O) groups is 1. The maximum absolute atomic E-state index is 12.3. The topological polar surface area (TPSA) is 149 Å². The van der Waals surface area contributed by atoms with Gasteiger partial charge in [0.15, 0.2) is 14.6 Å². The van der Waals surface area contributed by atoms with Gasteiger partial charge in [-0.1, -0.05) is 0 Å².